The number of benzene rings is 2. The third kappa shape index (κ3) is 4.89. The molecule has 2 aromatic carbocycles. The van der Waals surface area contributed by atoms with Crippen LogP contribution in [0.1, 0.15) is 48.9 Å². The number of carbonyl (C=O) groups is 4. The monoisotopic (exact) mass is 490 g/mol. The third-order valence-electron chi connectivity index (χ3n) is 5.83. The average molecular weight is 491 g/mol. The zero-order chi connectivity index (χ0) is 25.8. The molecule has 4 rings (SSSR count). The van der Waals surface area contributed by atoms with Crippen molar-refractivity contribution in [2.24, 2.45) is 0 Å². The van der Waals surface area contributed by atoms with Gasteiger partial charge in [0, 0.05) is 20.3 Å². The normalized spacial score (nSPS) is 12.6. The highest BCUT2D eigenvalue weighted by Crippen LogP contribution is 2.25. The van der Waals surface area contributed by atoms with E-state index in [-0.39, 0.29) is 23.2 Å². The topological polar surface area (TPSA) is 120 Å². The first-order valence-electron chi connectivity index (χ1n) is 11.4. The molecule has 0 atom stereocenters. The molecule has 0 radical (unpaired) electrons. The lowest BCUT2D eigenvalue weighted by Crippen LogP contribution is -2.31. The molecular formula is C26H26N4O6. The van der Waals surface area contributed by atoms with Crippen molar-refractivity contribution in [3.8, 4) is 5.69 Å². The van der Waals surface area contributed by atoms with Crippen LogP contribution in [-0.4, -0.2) is 65.2 Å². The highest BCUT2D eigenvalue weighted by Gasteiger charge is 2.35. The molecule has 10 heteroatoms. The predicted octanol–water partition coefficient (Wildman–Crippen LogP) is 2.92. The van der Waals surface area contributed by atoms with E-state index in [4.69, 9.17) is 9.47 Å². The number of anilines is 1. The van der Waals surface area contributed by atoms with E-state index < -0.39 is 30.3 Å². The number of carbonyl (C=O) groups excluding carboxylic acids is 4. The van der Waals surface area contributed by atoms with E-state index >= 15 is 0 Å². The predicted molar refractivity (Wildman–Crippen MR) is 130 cm³/mol. The summed E-state index contributed by atoms with van der Waals surface area (Å²) in [4.78, 5) is 51.4. The van der Waals surface area contributed by atoms with Gasteiger partial charge in [0.25, 0.3) is 17.7 Å². The fourth-order valence-corrected chi connectivity index (χ4v) is 4.02. The summed E-state index contributed by atoms with van der Waals surface area (Å²) in [6.07, 6.45) is 0.509. The number of rotatable bonds is 9. The van der Waals surface area contributed by atoms with Gasteiger partial charge < -0.3 is 14.8 Å². The van der Waals surface area contributed by atoms with E-state index in [0.29, 0.717) is 24.4 Å². The Morgan fingerprint density at radius 1 is 1.00 bits per heavy atom. The van der Waals surface area contributed by atoms with Crippen LogP contribution in [0.3, 0.4) is 0 Å². The van der Waals surface area contributed by atoms with E-state index in [1.807, 2.05) is 37.3 Å². The molecule has 1 aromatic heterocycles. The molecule has 0 bridgehead atoms. The van der Waals surface area contributed by atoms with Crippen molar-refractivity contribution in [2.45, 2.75) is 20.3 Å². The number of aromatic nitrogens is 2. The molecule has 186 valence electrons. The molecule has 1 N–H and O–H groups in total. The van der Waals surface area contributed by atoms with Crippen LogP contribution < -0.4 is 5.32 Å². The van der Waals surface area contributed by atoms with Crippen molar-refractivity contribution in [3.05, 3.63) is 76.6 Å². The number of nitrogens with one attached hydrogen (secondary N) is 1. The number of amides is 3. The number of imide groups is 1. The molecule has 1 aliphatic rings. The van der Waals surface area contributed by atoms with Crippen LogP contribution in [0.5, 0.6) is 0 Å². The van der Waals surface area contributed by atoms with Gasteiger partial charge in [0.15, 0.2) is 6.61 Å². The lowest BCUT2D eigenvalue weighted by atomic mass is 10.1. The van der Waals surface area contributed by atoms with E-state index in [0.717, 1.165) is 16.3 Å². The summed E-state index contributed by atoms with van der Waals surface area (Å²) < 4.78 is 11.8. The number of fused-ring (bicyclic) bond motifs is 1. The van der Waals surface area contributed by atoms with E-state index in [1.165, 1.54) is 18.2 Å². The van der Waals surface area contributed by atoms with Crippen LogP contribution >= 0.6 is 0 Å². The van der Waals surface area contributed by atoms with E-state index in [2.05, 4.69) is 10.4 Å². The minimum Gasteiger partial charge on any atom is -0.452 e. The second-order valence-corrected chi connectivity index (χ2v) is 8.29. The van der Waals surface area contributed by atoms with Gasteiger partial charge in [0.2, 0.25) is 0 Å². The number of hydrogen-bond acceptors (Lipinski definition) is 7. The highest BCUT2D eigenvalue weighted by atomic mass is 16.5. The SMILES string of the molecule is COCCCN1C(=O)c2ccc(C(=O)OCC(=O)Nc3c(C)nn(-c4ccccc4)c3C)cc2C1=O. The third-order valence-corrected chi connectivity index (χ3v) is 5.83. The van der Waals surface area contributed by atoms with Gasteiger partial charge in [-0.25, -0.2) is 9.48 Å². The molecule has 1 aliphatic heterocycles. The molecule has 0 saturated heterocycles. The van der Waals surface area contributed by atoms with Gasteiger partial charge in [-0.15, -0.1) is 0 Å². The van der Waals surface area contributed by atoms with Crippen molar-refractivity contribution in [2.75, 3.05) is 32.2 Å². The van der Waals surface area contributed by atoms with Crippen LogP contribution in [0.2, 0.25) is 0 Å². The first-order chi connectivity index (χ1) is 17.3. The van der Waals surface area contributed by atoms with Gasteiger partial charge in [0.1, 0.15) is 0 Å². The standard InChI is InChI=1S/C26H26N4O6/c1-16-23(17(2)30(28-16)19-8-5-4-6-9-19)27-22(31)15-36-26(34)18-10-11-20-21(14-18)25(33)29(24(20)32)12-7-13-35-3/h4-6,8-11,14H,7,12-13,15H2,1-3H3,(H,27,31). The number of nitrogens with zero attached hydrogens (tertiary/aromatic N) is 3. The Kier molecular flexibility index (Phi) is 7.25. The van der Waals surface area contributed by atoms with Gasteiger partial charge in [-0.2, -0.15) is 5.10 Å². The van der Waals surface area contributed by atoms with Crippen molar-refractivity contribution >= 4 is 29.4 Å². The van der Waals surface area contributed by atoms with E-state index in [1.54, 1.807) is 18.7 Å². The molecule has 36 heavy (non-hydrogen) atoms. The molecule has 3 aromatic rings. The summed E-state index contributed by atoms with van der Waals surface area (Å²) in [5, 5.41) is 7.22. The number of aryl methyl sites for hydroxylation is 1. The van der Waals surface area contributed by atoms with E-state index in [9.17, 15) is 19.2 Å². The molecule has 0 fully saturated rings. The molecule has 3 amide bonds. The van der Waals surface area contributed by atoms with Crippen LogP contribution in [0, 0.1) is 13.8 Å². The van der Waals surface area contributed by atoms with Gasteiger partial charge in [0.05, 0.1) is 39.5 Å². The molecular weight excluding hydrogens is 464 g/mol. The highest BCUT2D eigenvalue weighted by molar-refractivity contribution is 6.22. The number of methoxy groups -OCH3 is 1. The smallest absolute Gasteiger partial charge is 0.338 e. The fourth-order valence-electron chi connectivity index (χ4n) is 4.02. The Labute approximate surface area is 207 Å². The molecule has 0 spiro atoms. The van der Waals surface area contributed by atoms with Crippen LogP contribution in [0.4, 0.5) is 5.69 Å². The Bertz CT molecular complexity index is 1330. The Balaban J connectivity index is 1.39. The quantitative estimate of drug-likeness (QED) is 0.278. The summed E-state index contributed by atoms with van der Waals surface area (Å²) in [6.45, 7) is 3.71. The zero-order valence-corrected chi connectivity index (χ0v) is 20.2. The first-order valence-corrected chi connectivity index (χ1v) is 11.4. The maximum atomic E-state index is 12.7. The number of hydrogen-bond donors (Lipinski definition) is 1. The number of para-hydroxylation sites is 1. The zero-order valence-electron chi connectivity index (χ0n) is 20.2. The Morgan fingerprint density at radius 2 is 1.72 bits per heavy atom. The maximum absolute atomic E-state index is 12.7. The molecule has 2 heterocycles. The lowest BCUT2D eigenvalue weighted by Gasteiger charge is -2.12. The molecule has 0 saturated carbocycles. The lowest BCUT2D eigenvalue weighted by molar-refractivity contribution is -0.119. The fraction of sp³-hybridized carbons (Fsp3) is 0.269. The molecule has 0 aliphatic carbocycles. The Morgan fingerprint density at radius 3 is 2.44 bits per heavy atom. The summed E-state index contributed by atoms with van der Waals surface area (Å²) in [5.74, 6) is -2.19. The largest absolute Gasteiger partial charge is 0.452 e. The van der Waals surface area contributed by atoms with Gasteiger partial charge in [-0.05, 0) is 50.6 Å². The van der Waals surface area contributed by atoms with Crippen LogP contribution in [0.15, 0.2) is 48.5 Å². The Hall–Kier alpha value is -4.31. The summed E-state index contributed by atoms with van der Waals surface area (Å²) >= 11 is 0. The van der Waals surface area contributed by atoms with Crippen LogP contribution in [0.25, 0.3) is 5.69 Å². The summed E-state index contributed by atoms with van der Waals surface area (Å²) in [7, 11) is 1.54. The molecule has 10 nitrogen and oxygen atoms in total. The van der Waals surface area contributed by atoms with Crippen molar-refractivity contribution in [3.63, 3.8) is 0 Å². The average Bonchev–Trinajstić information content (AvgIpc) is 3.30. The summed E-state index contributed by atoms with van der Waals surface area (Å²) in [6, 6.07) is 13.6. The first kappa shape index (κ1) is 24.8. The van der Waals surface area contributed by atoms with Crippen molar-refractivity contribution in [1.29, 1.82) is 0 Å². The van der Waals surface area contributed by atoms with Gasteiger partial charge in [-0.3, -0.25) is 19.3 Å². The number of ether oxygens (including phenoxy) is 2. The van der Waals surface area contributed by atoms with Crippen molar-refractivity contribution in [1.82, 2.24) is 14.7 Å². The summed E-state index contributed by atoms with van der Waals surface area (Å²) in [5.41, 5.74) is 3.18. The minimum absolute atomic E-state index is 0.0747. The van der Waals surface area contributed by atoms with Gasteiger partial charge in [-0.1, -0.05) is 18.2 Å². The van der Waals surface area contributed by atoms with Gasteiger partial charge >= 0.3 is 5.97 Å². The van der Waals surface area contributed by atoms with Crippen molar-refractivity contribution < 1.29 is 28.7 Å². The number of esters is 1. The van der Waals surface area contributed by atoms with Crippen LogP contribution in [-0.2, 0) is 14.3 Å². The second kappa shape index (κ2) is 10.5. The maximum Gasteiger partial charge on any atom is 0.338 e. The minimum atomic E-state index is -0.778. The molecule has 0 unspecified atom stereocenters. The second-order valence-electron chi connectivity index (χ2n) is 8.29.